The van der Waals surface area contributed by atoms with Crippen LogP contribution in [0, 0.1) is 5.82 Å². The maximum atomic E-state index is 13.5. The van der Waals surface area contributed by atoms with Gasteiger partial charge in [0, 0.05) is 23.7 Å². The first-order valence-electron chi connectivity index (χ1n) is 9.67. The molecule has 0 saturated carbocycles. The van der Waals surface area contributed by atoms with E-state index in [1.54, 1.807) is 29.2 Å². The van der Waals surface area contributed by atoms with Gasteiger partial charge in [-0.2, -0.15) is 0 Å². The molecule has 4 rings (SSSR count). The molecule has 0 radical (unpaired) electrons. The Morgan fingerprint density at radius 1 is 1.03 bits per heavy atom. The third-order valence-corrected chi connectivity index (χ3v) is 5.66. The summed E-state index contributed by atoms with van der Waals surface area (Å²) in [5, 5.41) is 3.46. The summed E-state index contributed by atoms with van der Waals surface area (Å²) in [6, 6.07) is 20.1. The molecule has 0 fully saturated rings. The van der Waals surface area contributed by atoms with Crippen LogP contribution in [0.15, 0.2) is 72.8 Å². The second-order valence-electron chi connectivity index (χ2n) is 7.23. The lowest BCUT2D eigenvalue weighted by atomic mass is 10.0. The van der Waals surface area contributed by atoms with Crippen molar-refractivity contribution in [1.29, 1.82) is 0 Å². The van der Waals surface area contributed by atoms with Crippen LogP contribution in [0.2, 0.25) is 5.02 Å². The van der Waals surface area contributed by atoms with Gasteiger partial charge in [0.25, 0.3) is 5.91 Å². The van der Waals surface area contributed by atoms with E-state index in [0.29, 0.717) is 29.2 Å². The van der Waals surface area contributed by atoms with Gasteiger partial charge in [0.05, 0.1) is 12.5 Å². The molecule has 1 aliphatic heterocycles. The lowest BCUT2D eigenvalue weighted by molar-refractivity contribution is -0.122. The zero-order valence-corrected chi connectivity index (χ0v) is 16.9. The first-order chi connectivity index (χ1) is 14.5. The SMILES string of the molecule is O=C(C[C@@H](c1ccc(F)cc1)N1Cc2ccccc2C1=O)NCc1ccccc1Cl. The van der Waals surface area contributed by atoms with Crippen LogP contribution in [0.3, 0.4) is 0 Å². The predicted octanol–water partition coefficient (Wildman–Crippen LogP) is 4.88. The van der Waals surface area contributed by atoms with Gasteiger partial charge in [0.2, 0.25) is 5.91 Å². The maximum absolute atomic E-state index is 13.5. The van der Waals surface area contributed by atoms with Gasteiger partial charge in [-0.1, -0.05) is 60.1 Å². The van der Waals surface area contributed by atoms with Gasteiger partial charge in [-0.3, -0.25) is 9.59 Å². The van der Waals surface area contributed by atoms with E-state index in [0.717, 1.165) is 11.1 Å². The Morgan fingerprint density at radius 2 is 1.73 bits per heavy atom. The molecule has 0 saturated heterocycles. The molecule has 1 aliphatic rings. The number of nitrogens with zero attached hydrogens (tertiary/aromatic N) is 1. The number of fused-ring (bicyclic) bond motifs is 1. The molecule has 30 heavy (non-hydrogen) atoms. The summed E-state index contributed by atoms with van der Waals surface area (Å²) in [5.41, 5.74) is 3.09. The number of hydrogen-bond donors (Lipinski definition) is 1. The van der Waals surface area contributed by atoms with E-state index in [1.165, 1.54) is 12.1 Å². The summed E-state index contributed by atoms with van der Waals surface area (Å²) >= 11 is 6.16. The largest absolute Gasteiger partial charge is 0.352 e. The number of benzene rings is 3. The lowest BCUT2D eigenvalue weighted by Gasteiger charge is -2.28. The smallest absolute Gasteiger partial charge is 0.255 e. The van der Waals surface area contributed by atoms with Crippen molar-refractivity contribution in [2.24, 2.45) is 0 Å². The van der Waals surface area contributed by atoms with Gasteiger partial charge in [-0.05, 0) is 41.0 Å². The van der Waals surface area contributed by atoms with Gasteiger partial charge in [-0.25, -0.2) is 4.39 Å². The molecule has 6 heteroatoms. The Morgan fingerprint density at radius 3 is 2.47 bits per heavy atom. The fourth-order valence-corrected chi connectivity index (χ4v) is 3.91. The van der Waals surface area contributed by atoms with Crippen LogP contribution in [-0.2, 0) is 17.9 Å². The van der Waals surface area contributed by atoms with Crippen molar-refractivity contribution in [2.45, 2.75) is 25.6 Å². The minimum absolute atomic E-state index is 0.0653. The van der Waals surface area contributed by atoms with Crippen molar-refractivity contribution in [3.63, 3.8) is 0 Å². The average Bonchev–Trinajstić information content (AvgIpc) is 3.09. The van der Waals surface area contributed by atoms with Crippen LogP contribution in [0.4, 0.5) is 4.39 Å². The second kappa shape index (κ2) is 8.67. The van der Waals surface area contributed by atoms with Gasteiger partial charge < -0.3 is 10.2 Å². The Balaban J connectivity index is 1.54. The molecule has 2 amide bonds. The predicted molar refractivity (Wildman–Crippen MR) is 113 cm³/mol. The minimum Gasteiger partial charge on any atom is -0.352 e. The molecule has 152 valence electrons. The molecule has 0 bridgehead atoms. The Bertz CT molecular complexity index is 1080. The van der Waals surface area contributed by atoms with E-state index in [-0.39, 0.29) is 24.1 Å². The zero-order valence-electron chi connectivity index (χ0n) is 16.1. The van der Waals surface area contributed by atoms with E-state index in [2.05, 4.69) is 5.32 Å². The summed E-state index contributed by atoms with van der Waals surface area (Å²) in [6.45, 7) is 0.706. The highest BCUT2D eigenvalue weighted by Crippen LogP contribution is 2.33. The number of rotatable bonds is 6. The molecular weight excluding hydrogens is 403 g/mol. The van der Waals surface area contributed by atoms with E-state index >= 15 is 0 Å². The summed E-state index contributed by atoms with van der Waals surface area (Å²) in [6.07, 6.45) is 0.0653. The summed E-state index contributed by atoms with van der Waals surface area (Å²) in [4.78, 5) is 27.4. The number of hydrogen-bond acceptors (Lipinski definition) is 2. The highest BCUT2D eigenvalue weighted by molar-refractivity contribution is 6.31. The summed E-state index contributed by atoms with van der Waals surface area (Å²) < 4.78 is 13.5. The quantitative estimate of drug-likeness (QED) is 0.615. The van der Waals surface area contributed by atoms with Gasteiger partial charge in [0.1, 0.15) is 5.82 Å². The summed E-state index contributed by atoms with van der Waals surface area (Å²) in [5.74, 6) is -0.705. The number of halogens is 2. The van der Waals surface area contributed by atoms with Crippen LogP contribution in [0.1, 0.15) is 39.5 Å². The molecule has 0 unspecified atom stereocenters. The molecule has 4 nitrogen and oxygen atoms in total. The molecule has 3 aromatic rings. The lowest BCUT2D eigenvalue weighted by Crippen LogP contribution is -2.34. The first-order valence-corrected chi connectivity index (χ1v) is 10.0. The standard InChI is InChI=1S/C24H20ClFN2O2/c25-21-8-4-2-5-17(21)14-27-23(29)13-22(16-9-11-19(26)12-10-16)28-15-18-6-1-3-7-20(18)24(28)30/h1-12,22H,13-15H2,(H,27,29)/t22-/m0/s1. The van der Waals surface area contributed by atoms with Crippen molar-refractivity contribution in [2.75, 3.05) is 0 Å². The van der Waals surface area contributed by atoms with Gasteiger partial charge >= 0.3 is 0 Å². The van der Waals surface area contributed by atoms with E-state index < -0.39 is 6.04 Å². The summed E-state index contributed by atoms with van der Waals surface area (Å²) in [7, 11) is 0. The van der Waals surface area contributed by atoms with Crippen LogP contribution < -0.4 is 5.32 Å². The normalized spacial score (nSPS) is 13.8. The molecule has 1 heterocycles. The van der Waals surface area contributed by atoms with Crippen LogP contribution in [0.5, 0.6) is 0 Å². The van der Waals surface area contributed by atoms with Crippen molar-refractivity contribution in [3.05, 3.63) is 106 Å². The maximum Gasteiger partial charge on any atom is 0.255 e. The van der Waals surface area contributed by atoms with Crippen molar-refractivity contribution >= 4 is 23.4 Å². The third kappa shape index (κ3) is 4.21. The third-order valence-electron chi connectivity index (χ3n) is 5.29. The number of nitrogens with one attached hydrogen (secondary N) is 1. The second-order valence-corrected chi connectivity index (χ2v) is 7.64. The molecule has 1 atom stereocenters. The van der Waals surface area contributed by atoms with Crippen molar-refractivity contribution in [1.82, 2.24) is 10.2 Å². The molecule has 0 spiro atoms. The number of carbonyl (C=O) groups excluding carboxylic acids is 2. The molecule has 0 aliphatic carbocycles. The Kier molecular flexibility index (Phi) is 5.81. The minimum atomic E-state index is -0.503. The Labute approximate surface area is 179 Å². The van der Waals surface area contributed by atoms with E-state index in [1.807, 2.05) is 36.4 Å². The molecular formula is C24H20ClFN2O2. The fourth-order valence-electron chi connectivity index (χ4n) is 3.70. The average molecular weight is 423 g/mol. The number of amides is 2. The first kappa shape index (κ1) is 20.1. The fraction of sp³-hybridized carbons (Fsp3) is 0.167. The monoisotopic (exact) mass is 422 g/mol. The number of carbonyl (C=O) groups is 2. The van der Waals surface area contributed by atoms with Crippen molar-refractivity contribution < 1.29 is 14.0 Å². The Hall–Kier alpha value is -3.18. The van der Waals surface area contributed by atoms with Gasteiger partial charge in [-0.15, -0.1) is 0 Å². The van der Waals surface area contributed by atoms with Crippen LogP contribution in [0.25, 0.3) is 0 Å². The highest BCUT2D eigenvalue weighted by atomic mass is 35.5. The molecule has 0 aromatic heterocycles. The van der Waals surface area contributed by atoms with Crippen molar-refractivity contribution in [3.8, 4) is 0 Å². The van der Waals surface area contributed by atoms with Gasteiger partial charge in [0.15, 0.2) is 0 Å². The van der Waals surface area contributed by atoms with Crippen LogP contribution in [-0.4, -0.2) is 16.7 Å². The molecule has 3 aromatic carbocycles. The zero-order chi connectivity index (χ0) is 21.1. The highest BCUT2D eigenvalue weighted by Gasteiger charge is 2.34. The molecule has 1 N–H and O–H groups in total. The van der Waals surface area contributed by atoms with Crippen LogP contribution >= 0.6 is 11.6 Å². The van der Waals surface area contributed by atoms with E-state index in [9.17, 15) is 14.0 Å². The van der Waals surface area contributed by atoms with E-state index in [4.69, 9.17) is 11.6 Å². The topological polar surface area (TPSA) is 49.4 Å².